The average Bonchev–Trinajstić information content (AvgIpc) is 3.39. The number of hydrogen-bond acceptors (Lipinski definition) is 6. The summed E-state index contributed by atoms with van der Waals surface area (Å²) in [6.45, 7) is 10.2. The topological polar surface area (TPSA) is 96.8 Å². The van der Waals surface area contributed by atoms with Crippen LogP contribution in [-0.2, 0) is 9.53 Å². The number of fused-ring (bicyclic) bond motifs is 5. The van der Waals surface area contributed by atoms with Gasteiger partial charge in [-0.1, -0.05) is 27.7 Å². The van der Waals surface area contributed by atoms with Gasteiger partial charge in [0.1, 0.15) is 17.6 Å². The minimum absolute atomic E-state index is 0.0306. The van der Waals surface area contributed by atoms with E-state index in [1.165, 1.54) is 32.1 Å². The molecule has 45 heavy (non-hydrogen) atoms. The van der Waals surface area contributed by atoms with Gasteiger partial charge in [0.25, 0.3) is 0 Å². The van der Waals surface area contributed by atoms with Crippen molar-refractivity contribution in [2.75, 3.05) is 18.1 Å². The maximum Gasteiger partial charge on any atom is 0.305 e. The zero-order chi connectivity index (χ0) is 31.8. The number of carbonyl (C=O) groups is 1. The number of rotatable bonds is 10. The molecule has 0 heterocycles. The van der Waals surface area contributed by atoms with Crippen LogP contribution in [-0.4, -0.2) is 24.8 Å². The molecule has 0 aromatic heterocycles. The highest BCUT2D eigenvalue weighted by Crippen LogP contribution is 2.68. The Kier molecular flexibility index (Phi) is 9.32. The Morgan fingerprint density at radius 2 is 1.44 bits per heavy atom. The highest BCUT2D eigenvalue weighted by Gasteiger charge is 2.63. The van der Waals surface area contributed by atoms with E-state index >= 15 is 0 Å². The van der Waals surface area contributed by atoms with Gasteiger partial charge in [-0.3, -0.25) is 4.79 Å². The molecule has 246 valence electrons. The molecule has 6 rings (SSSR count). The Morgan fingerprint density at radius 1 is 0.822 bits per heavy atom. The van der Waals surface area contributed by atoms with Crippen LogP contribution < -0.4 is 20.9 Å². The first-order valence-corrected chi connectivity index (χ1v) is 17.8. The molecule has 10 atom stereocenters. The summed E-state index contributed by atoms with van der Waals surface area (Å²) in [4.78, 5) is 12.3. The second-order valence-corrected chi connectivity index (χ2v) is 15.5. The van der Waals surface area contributed by atoms with Crippen LogP contribution in [0, 0.1) is 46.3 Å². The standard InChI is InChI=1S/C39H56N2O4/c1-5-22-43-37(42)17-6-25(2)32-15-16-33-31-24-36(45-29-13-9-27(41)10-14-29)35-23-30(44-28-11-7-26(40)8-12-28)18-20-39(35,4)34(31)19-21-38(32,33)3/h7-14,25,30-36H,5-6,15-24,40-41H2,1-4H3/t25-,30?,31+,32-,33+,34+,35?,36?,38-,39-/m1/s1. The normalized spacial score (nSPS) is 36.2. The summed E-state index contributed by atoms with van der Waals surface area (Å²) >= 11 is 0. The Morgan fingerprint density at radius 3 is 2.11 bits per heavy atom. The summed E-state index contributed by atoms with van der Waals surface area (Å²) in [5.41, 5.74) is 14.0. The van der Waals surface area contributed by atoms with Crippen LogP contribution in [0.4, 0.5) is 11.4 Å². The van der Waals surface area contributed by atoms with E-state index in [4.69, 9.17) is 25.7 Å². The molecule has 0 aliphatic heterocycles. The lowest BCUT2D eigenvalue weighted by Crippen LogP contribution is -2.59. The molecule has 6 nitrogen and oxygen atoms in total. The molecule has 4 aliphatic rings. The fourth-order valence-corrected chi connectivity index (χ4v) is 10.7. The minimum atomic E-state index is -0.0306. The van der Waals surface area contributed by atoms with Gasteiger partial charge in [0.05, 0.1) is 12.7 Å². The molecular formula is C39H56N2O4. The van der Waals surface area contributed by atoms with Gasteiger partial charge in [-0.25, -0.2) is 0 Å². The summed E-state index contributed by atoms with van der Waals surface area (Å²) in [6.07, 6.45) is 12.2. The van der Waals surface area contributed by atoms with Crippen LogP contribution in [0.3, 0.4) is 0 Å². The molecule has 4 N–H and O–H groups in total. The fraction of sp³-hybridized carbons (Fsp3) is 0.667. The molecule has 4 aliphatic carbocycles. The first-order chi connectivity index (χ1) is 21.6. The first kappa shape index (κ1) is 32.1. The fourth-order valence-electron chi connectivity index (χ4n) is 10.7. The smallest absolute Gasteiger partial charge is 0.305 e. The molecule has 4 fully saturated rings. The van der Waals surface area contributed by atoms with E-state index in [1.54, 1.807) is 0 Å². The summed E-state index contributed by atoms with van der Waals surface area (Å²) < 4.78 is 19.0. The second-order valence-electron chi connectivity index (χ2n) is 15.5. The Balaban J connectivity index is 1.22. The van der Waals surface area contributed by atoms with Gasteiger partial charge in [0.15, 0.2) is 0 Å². The quantitative estimate of drug-likeness (QED) is 0.205. The van der Waals surface area contributed by atoms with Crippen molar-refractivity contribution in [2.24, 2.45) is 46.3 Å². The molecule has 0 radical (unpaired) electrons. The molecule has 0 amide bonds. The van der Waals surface area contributed by atoms with Crippen molar-refractivity contribution in [2.45, 2.75) is 111 Å². The van der Waals surface area contributed by atoms with E-state index in [9.17, 15) is 4.79 Å². The predicted molar refractivity (Wildman–Crippen MR) is 181 cm³/mol. The summed E-state index contributed by atoms with van der Waals surface area (Å²) in [7, 11) is 0. The lowest BCUT2D eigenvalue weighted by molar-refractivity contribution is -0.164. The van der Waals surface area contributed by atoms with Gasteiger partial charge < -0.3 is 25.7 Å². The summed E-state index contributed by atoms with van der Waals surface area (Å²) in [5, 5.41) is 0. The van der Waals surface area contributed by atoms with Crippen molar-refractivity contribution < 1.29 is 19.0 Å². The third-order valence-electron chi connectivity index (χ3n) is 13.0. The molecule has 0 bridgehead atoms. The van der Waals surface area contributed by atoms with E-state index in [-0.39, 0.29) is 23.6 Å². The van der Waals surface area contributed by atoms with E-state index < -0.39 is 0 Å². The maximum atomic E-state index is 12.3. The number of nitrogens with two attached hydrogens (primary N) is 2. The van der Waals surface area contributed by atoms with E-state index in [0.29, 0.717) is 54.0 Å². The highest BCUT2D eigenvalue weighted by molar-refractivity contribution is 5.69. The Hall–Kier alpha value is -2.89. The lowest BCUT2D eigenvalue weighted by Gasteiger charge is -2.63. The Bertz CT molecular complexity index is 1300. The predicted octanol–water partition coefficient (Wildman–Crippen LogP) is 8.68. The van der Waals surface area contributed by atoms with Gasteiger partial charge in [-0.15, -0.1) is 0 Å². The maximum absolute atomic E-state index is 12.3. The number of anilines is 2. The van der Waals surface area contributed by atoms with E-state index in [0.717, 1.165) is 55.0 Å². The highest BCUT2D eigenvalue weighted by atomic mass is 16.5. The number of ether oxygens (including phenoxy) is 3. The first-order valence-electron chi connectivity index (χ1n) is 17.8. The van der Waals surface area contributed by atoms with Gasteiger partial charge >= 0.3 is 5.97 Å². The lowest BCUT2D eigenvalue weighted by atomic mass is 9.43. The number of carbonyl (C=O) groups excluding carboxylic acids is 1. The third kappa shape index (κ3) is 6.40. The zero-order valence-electron chi connectivity index (χ0n) is 28.0. The molecular weight excluding hydrogens is 560 g/mol. The number of esters is 1. The van der Waals surface area contributed by atoms with Crippen molar-refractivity contribution in [3.05, 3.63) is 48.5 Å². The third-order valence-corrected chi connectivity index (χ3v) is 13.0. The molecule has 0 saturated heterocycles. The average molecular weight is 617 g/mol. The summed E-state index contributed by atoms with van der Waals surface area (Å²) in [5.74, 6) is 5.48. The van der Waals surface area contributed by atoms with Crippen LogP contribution in [0.15, 0.2) is 48.5 Å². The van der Waals surface area contributed by atoms with Crippen molar-refractivity contribution in [3.63, 3.8) is 0 Å². The molecule has 6 heteroatoms. The van der Waals surface area contributed by atoms with Crippen LogP contribution in [0.5, 0.6) is 11.5 Å². The van der Waals surface area contributed by atoms with Gasteiger partial charge in [0.2, 0.25) is 0 Å². The molecule has 4 saturated carbocycles. The van der Waals surface area contributed by atoms with Crippen molar-refractivity contribution in [1.82, 2.24) is 0 Å². The van der Waals surface area contributed by atoms with Gasteiger partial charge in [0, 0.05) is 23.7 Å². The zero-order valence-corrected chi connectivity index (χ0v) is 28.0. The SMILES string of the molecule is CCCOC(=O)CC[C@@H](C)[C@H]1CC[C@H]2[C@@H]3CC(Oc4ccc(N)cc4)C4CC(Oc5ccc(N)cc5)CC[C@]4(C)[C@H]3CC[C@]12C. The number of nitrogen functional groups attached to an aromatic ring is 2. The van der Waals surface area contributed by atoms with Crippen LogP contribution in [0.2, 0.25) is 0 Å². The second kappa shape index (κ2) is 13.1. The van der Waals surface area contributed by atoms with Gasteiger partial charge in [-0.2, -0.15) is 0 Å². The summed E-state index contributed by atoms with van der Waals surface area (Å²) in [6, 6.07) is 15.8. The van der Waals surface area contributed by atoms with E-state index in [1.807, 2.05) is 55.5 Å². The van der Waals surface area contributed by atoms with Crippen LogP contribution in [0.25, 0.3) is 0 Å². The van der Waals surface area contributed by atoms with Crippen LogP contribution in [0.1, 0.15) is 98.3 Å². The van der Waals surface area contributed by atoms with E-state index in [2.05, 4.69) is 20.8 Å². The monoisotopic (exact) mass is 616 g/mol. The molecule has 0 spiro atoms. The van der Waals surface area contributed by atoms with Crippen molar-refractivity contribution in [1.29, 1.82) is 0 Å². The van der Waals surface area contributed by atoms with Crippen molar-refractivity contribution in [3.8, 4) is 11.5 Å². The van der Waals surface area contributed by atoms with Gasteiger partial charge in [-0.05, 0) is 153 Å². The largest absolute Gasteiger partial charge is 0.490 e. The van der Waals surface area contributed by atoms with Crippen molar-refractivity contribution >= 4 is 17.3 Å². The van der Waals surface area contributed by atoms with Crippen LogP contribution >= 0.6 is 0 Å². The number of hydrogen-bond donors (Lipinski definition) is 2. The minimum Gasteiger partial charge on any atom is -0.490 e. The molecule has 3 unspecified atom stereocenters. The molecule has 2 aromatic rings. The number of benzene rings is 2. The Labute approximate surface area is 271 Å². The molecule has 2 aromatic carbocycles.